The molecule has 1 rings (SSSR count). The van der Waals surface area contributed by atoms with Gasteiger partial charge in [0.1, 0.15) is 13.1 Å². The maximum Gasteiger partial charge on any atom is 0.405 e. The standard InChI is InChI=1S/C8H7F3IN3O2/c9-8(10,11)4-13-6(16)3-15-7(17)1-5(12)2-14-15/h1-2H,3-4H2,(H,13,16). The predicted octanol–water partition coefficient (Wildman–Crippen LogP) is 0.526. The highest BCUT2D eigenvalue weighted by Gasteiger charge is 2.27. The van der Waals surface area contributed by atoms with Gasteiger partial charge in [0.25, 0.3) is 5.56 Å². The van der Waals surface area contributed by atoms with Crippen LogP contribution in [0.15, 0.2) is 17.1 Å². The Morgan fingerprint density at radius 2 is 2.18 bits per heavy atom. The van der Waals surface area contributed by atoms with Crippen molar-refractivity contribution in [1.29, 1.82) is 0 Å². The number of amides is 1. The van der Waals surface area contributed by atoms with Crippen molar-refractivity contribution in [2.45, 2.75) is 12.7 Å². The summed E-state index contributed by atoms with van der Waals surface area (Å²) in [6.07, 6.45) is -3.14. The van der Waals surface area contributed by atoms with Crippen LogP contribution in [-0.4, -0.2) is 28.4 Å². The summed E-state index contributed by atoms with van der Waals surface area (Å²) >= 11 is 1.86. The minimum Gasteiger partial charge on any atom is -0.345 e. The number of carbonyl (C=O) groups excluding carboxylic acids is 1. The lowest BCUT2D eigenvalue weighted by atomic mass is 10.5. The first-order chi connectivity index (χ1) is 7.78. The van der Waals surface area contributed by atoms with Crippen molar-refractivity contribution >= 4 is 28.5 Å². The van der Waals surface area contributed by atoms with Gasteiger partial charge in [0, 0.05) is 9.64 Å². The summed E-state index contributed by atoms with van der Waals surface area (Å²) in [5, 5.41) is 5.26. The topological polar surface area (TPSA) is 64.0 Å². The summed E-state index contributed by atoms with van der Waals surface area (Å²) < 4.78 is 36.7. The fourth-order valence-electron chi connectivity index (χ4n) is 0.921. The zero-order chi connectivity index (χ0) is 13.1. The third-order valence-electron chi connectivity index (χ3n) is 1.62. The molecule has 0 atom stereocenters. The van der Waals surface area contributed by atoms with Gasteiger partial charge in [-0.1, -0.05) is 0 Å². The van der Waals surface area contributed by atoms with E-state index < -0.39 is 30.7 Å². The molecule has 0 bridgehead atoms. The lowest BCUT2D eigenvalue weighted by Gasteiger charge is -2.08. The molecule has 9 heteroatoms. The average molecular weight is 361 g/mol. The van der Waals surface area contributed by atoms with E-state index >= 15 is 0 Å². The van der Waals surface area contributed by atoms with Crippen LogP contribution in [0.3, 0.4) is 0 Å². The van der Waals surface area contributed by atoms with Crippen LogP contribution < -0.4 is 10.9 Å². The highest BCUT2D eigenvalue weighted by atomic mass is 127. The highest BCUT2D eigenvalue weighted by Crippen LogP contribution is 2.11. The van der Waals surface area contributed by atoms with Gasteiger partial charge in [-0.3, -0.25) is 9.59 Å². The van der Waals surface area contributed by atoms with Gasteiger partial charge in [0.15, 0.2) is 0 Å². The van der Waals surface area contributed by atoms with E-state index in [2.05, 4.69) is 5.10 Å². The maximum absolute atomic E-state index is 11.8. The van der Waals surface area contributed by atoms with E-state index in [9.17, 15) is 22.8 Å². The molecular formula is C8H7F3IN3O2. The molecule has 94 valence electrons. The van der Waals surface area contributed by atoms with Crippen LogP contribution >= 0.6 is 22.6 Å². The molecule has 1 amide bonds. The Balaban J connectivity index is 2.60. The van der Waals surface area contributed by atoms with Gasteiger partial charge in [-0.2, -0.15) is 18.3 Å². The van der Waals surface area contributed by atoms with Gasteiger partial charge in [-0.05, 0) is 22.6 Å². The van der Waals surface area contributed by atoms with E-state index in [0.29, 0.717) is 3.57 Å². The summed E-state index contributed by atoms with van der Waals surface area (Å²) in [5.41, 5.74) is -0.543. The highest BCUT2D eigenvalue weighted by molar-refractivity contribution is 14.1. The second kappa shape index (κ2) is 5.47. The number of hydrogen-bond donors (Lipinski definition) is 1. The summed E-state index contributed by atoms with van der Waals surface area (Å²) in [4.78, 5) is 22.4. The predicted molar refractivity (Wildman–Crippen MR) is 60.3 cm³/mol. The molecule has 0 aliphatic carbocycles. The Hall–Kier alpha value is -1.13. The van der Waals surface area contributed by atoms with Crippen LogP contribution in [-0.2, 0) is 11.3 Å². The summed E-state index contributed by atoms with van der Waals surface area (Å²) in [6.45, 7) is -1.96. The van der Waals surface area contributed by atoms with Crippen molar-refractivity contribution in [3.05, 3.63) is 26.2 Å². The molecule has 0 radical (unpaired) electrons. The van der Waals surface area contributed by atoms with Crippen LogP contribution in [0.4, 0.5) is 13.2 Å². The van der Waals surface area contributed by atoms with E-state index in [1.54, 1.807) is 5.32 Å². The number of aromatic nitrogens is 2. The van der Waals surface area contributed by atoms with Gasteiger partial charge in [0.05, 0.1) is 6.20 Å². The Morgan fingerprint density at radius 1 is 1.53 bits per heavy atom. The first kappa shape index (κ1) is 13.9. The Labute approximate surface area is 107 Å². The van der Waals surface area contributed by atoms with Crippen LogP contribution in [0.25, 0.3) is 0 Å². The zero-order valence-electron chi connectivity index (χ0n) is 8.29. The Morgan fingerprint density at radius 3 is 2.71 bits per heavy atom. The zero-order valence-corrected chi connectivity index (χ0v) is 10.4. The van der Waals surface area contributed by atoms with Crippen LogP contribution in [0.1, 0.15) is 0 Å². The molecule has 17 heavy (non-hydrogen) atoms. The van der Waals surface area contributed by atoms with Crippen LogP contribution in [0.5, 0.6) is 0 Å². The molecule has 0 aliphatic heterocycles. The van der Waals surface area contributed by atoms with Gasteiger partial charge in [-0.15, -0.1) is 0 Å². The van der Waals surface area contributed by atoms with E-state index in [-0.39, 0.29) is 0 Å². The van der Waals surface area contributed by atoms with Gasteiger partial charge in [-0.25, -0.2) is 4.68 Å². The molecule has 5 nitrogen and oxygen atoms in total. The van der Waals surface area contributed by atoms with Crippen LogP contribution in [0, 0.1) is 3.57 Å². The van der Waals surface area contributed by atoms with Gasteiger partial charge in [0.2, 0.25) is 5.91 Å². The first-order valence-electron chi connectivity index (χ1n) is 4.34. The minimum atomic E-state index is -4.47. The molecule has 1 N–H and O–H groups in total. The normalized spacial score (nSPS) is 11.3. The fraction of sp³-hybridized carbons (Fsp3) is 0.375. The summed E-state index contributed by atoms with van der Waals surface area (Å²) in [6, 6.07) is 1.23. The Bertz CT molecular complexity index is 472. The number of nitrogens with one attached hydrogen (secondary N) is 1. The molecule has 0 aliphatic rings. The third-order valence-corrected chi connectivity index (χ3v) is 2.21. The molecule has 0 fully saturated rings. The molecule has 1 heterocycles. The maximum atomic E-state index is 11.8. The number of nitrogens with zero attached hydrogens (tertiary/aromatic N) is 2. The molecule has 0 spiro atoms. The van der Waals surface area contributed by atoms with E-state index in [1.807, 2.05) is 22.6 Å². The van der Waals surface area contributed by atoms with Crippen molar-refractivity contribution in [1.82, 2.24) is 15.1 Å². The first-order valence-corrected chi connectivity index (χ1v) is 5.42. The van der Waals surface area contributed by atoms with Crippen molar-refractivity contribution in [3.63, 3.8) is 0 Å². The number of hydrogen-bond acceptors (Lipinski definition) is 3. The van der Waals surface area contributed by atoms with Crippen molar-refractivity contribution in [2.75, 3.05) is 6.54 Å². The van der Waals surface area contributed by atoms with Gasteiger partial charge < -0.3 is 5.32 Å². The lowest BCUT2D eigenvalue weighted by Crippen LogP contribution is -2.38. The molecular weight excluding hydrogens is 354 g/mol. The van der Waals surface area contributed by atoms with E-state index in [1.165, 1.54) is 12.3 Å². The fourth-order valence-corrected chi connectivity index (χ4v) is 1.31. The van der Waals surface area contributed by atoms with E-state index in [0.717, 1.165) is 4.68 Å². The van der Waals surface area contributed by atoms with Crippen molar-refractivity contribution in [2.24, 2.45) is 0 Å². The third kappa shape index (κ3) is 5.15. The SMILES string of the molecule is O=C(Cn1ncc(I)cc1=O)NCC(F)(F)F. The smallest absolute Gasteiger partial charge is 0.345 e. The quantitative estimate of drug-likeness (QED) is 0.799. The summed E-state index contributed by atoms with van der Waals surface area (Å²) in [7, 11) is 0. The molecule has 0 saturated carbocycles. The molecule has 1 aromatic rings. The number of halogens is 4. The molecule has 0 saturated heterocycles. The summed E-state index contributed by atoms with van der Waals surface area (Å²) in [5.74, 6) is -0.918. The molecule has 1 aromatic heterocycles. The Kier molecular flexibility index (Phi) is 4.48. The number of carbonyl (C=O) groups is 1. The second-order valence-corrected chi connectivity index (χ2v) is 4.31. The van der Waals surface area contributed by atoms with E-state index in [4.69, 9.17) is 0 Å². The van der Waals surface area contributed by atoms with Crippen molar-refractivity contribution < 1.29 is 18.0 Å². The minimum absolute atomic E-state index is 0.536. The van der Waals surface area contributed by atoms with Crippen molar-refractivity contribution in [3.8, 4) is 0 Å². The molecule has 0 aromatic carbocycles. The molecule has 0 unspecified atom stereocenters. The number of alkyl halides is 3. The average Bonchev–Trinajstić information content (AvgIpc) is 2.18. The lowest BCUT2D eigenvalue weighted by molar-refractivity contribution is -0.138. The second-order valence-electron chi connectivity index (χ2n) is 3.06. The van der Waals surface area contributed by atoms with Crippen LogP contribution in [0.2, 0.25) is 0 Å². The van der Waals surface area contributed by atoms with Gasteiger partial charge >= 0.3 is 6.18 Å². The largest absolute Gasteiger partial charge is 0.405 e. The monoisotopic (exact) mass is 361 g/mol. The number of rotatable bonds is 3.